The van der Waals surface area contributed by atoms with Gasteiger partial charge in [-0.3, -0.25) is 0 Å². The van der Waals surface area contributed by atoms with Crippen LogP contribution in [0.3, 0.4) is 0 Å². The fraction of sp³-hybridized carbons (Fsp3) is 0.294. The first-order chi connectivity index (χ1) is 11.9. The SMILES string of the molecule is C/C=C/COC(=O)C1=C(C)NC(=O)N[C@H]1c1cc(Br)c(O)c(OC)c1. The average Bonchev–Trinajstić information content (AvgIpc) is 2.56. The molecule has 7 nitrogen and oxygen atoms in total. The molecular weight excluding hydrogens is 392 g/mol. The number of carbonyl (C=O) groups is 2. The number of urea groups is 1. The van der Waals surface area contributed by atoms with E-state index in [0.29, 0.717) is 15.7 Å². The summed E-state index contributed by atoms with van der Waals surface area (Å²) in [5.41, 5.74) is 1.25. The van der Waals surface area contributed by atoms with E-state index < -0.39 is 18.0 Å². The van der Waals surface area contributed by atoms with Crippen molar-refractivity contribution in [2.24, 2.45) is 0 Å². The van der Waals surface area contributed by atoms with E-state index in [2.05, 4.69) is 26.6 Å². The molecule has 0 fully saturated rings. The average molecular weight is 411 g/mol. The summed E-state index contributed by atoms with van der Waals surface area (Å²) in [7, 11) is 1.42. The second kappa shape index (κ2) is 8.06. The number of phenols is 1. The van der Waals surface area contributed by atoms with Crippen molar-refractivity contribution in [1.29, 1.82) is 0 Å². The molecule has 1 aromatic carbocycles. The Morgan fingerprint density at radius 2 is 2.16 bits per heavy atom. The lowest BCUT2D eigenvalue weighted by Gasteiger charge is -2.28. The number of hydrogen-bond donors (Lipinski definition) is 3. The van der Waals surface area contributed by atoms with Crippen LogP contribution in [0.5, 0.6) is 11.5 Å². The van der Waals surface area contributed by atoms with Crippen molar-refractivity contribution in [2.45, 2.75) is 19.9 Å². The first-order valence-corrected chi connectivity index (χ1v) is 8.31. The molecule has 0 aromatic heterocycles. The molecule has 8 heteroatoms. The Morgan fingerprint density at radius 3 is 2.80 bits per heavy atom. The molecule has 0 radical (unpaired) electrons. The largest absolute Gasteiger partial charge is 0.503 e. The number of phenolic OH excluding ortho intramolecular Hbond substituents is 1. The Morgan fingerprint density at radius 1 is 1.44 bits per heavy atom. The lowest BCUT2D eigenvalue weighted by molar-refractivity contribution is -0.138. The summed E-state index contributed by atoms with van der Waals surface area (Å²) in [6.45, 7) is 3.59. The predicted octanol–water partition coefficient (Wildman–Crippen LogP) is 2.91. The minimum atomic E-state index is -0.738. The molecule has 134 valence electrons. The number of amides is 2. The van der Waals surface area contributed by atoms with E-state index in [0.717, 1.165) is 0 Å². The lowest BCUT2D eigenvalue weighted by atomic mass is 9.95. The topological polar surface area (TPSA) is 96.9 Å². The van der Waals surface area contributed by atoms with E-state index in [1.807, 2.05) is 6.92 Å². The summed E-state index contributed by atoms with van der Waals surface area (Å²) >= 11 is 3.24. The van der Waals surface area contributed by atoms with E-state index in [9.17, 15) is 14.7 Å². The van der Waals surface area contributed by atoms with Gasteiger partial charge in [-0.05, 0) is 47.5 Å². The maximum Gasteiger partial charge on any atom is 0.338 e. The van der Waals surface area contributed by atoms with E-state index >= 15 is 0 Å². The van der Waals surface area contributed by atoms with Gasteiger partial charge in [-0.25, -0.2) is 9.59 Å². The molecule has 1 aromatic rings. The van der Waals surface area contributed by atoms with Gasteiger partial charge in [-0.1, -0.05) is 12.2 Å². The number of aromatic hydroxyl groups is 1. The van der Waals surface area contributed by atoms with Crippen LogP contribution >= 0.6 is 15.9 Å². The summed E-state index contributed by atoms with van der Waals surface area (Å²) in [6, 6.07) is 2.00. The zero-order valence-corrected chi connectivity index (χ0v) is 15.6. The Kier molecular flexibility index (Phi) is 6.08. The van der Waals surface area contributed by atoms with Crippen LogP contribution in [0.25, 0.3) is 0 Å². The number of halogens is 1. The van der Waals surface area contributed by atoms with Crippen molar-refractivity contribution >= 4 is 27.9 Å². The normalized spacial score (nSPS) is 17.3. The van der Waals surface area contributed by atoms with Crippen LogP contribution < -0.4 is 15.4 Å². The van der Waals surface area contributed by atoms with Gasteiger partial charge in [0.15, 0.2) is 11.5 Å². The minimum Gasteiger partial charge on any atom is -0.503 e. The number of benzene rings is 1. The van der Waals surface area contributed by atoms with E-state index in [1.54, 1.807) is 31.2 Å². The number of ether oxygens (including phenoxy) is 2. The van der Waals surface area contributed by atoms with Gasteiger partial charge in [-0.2, -0.15) is 0 Å². The highest BCUT2D eigenvalue weighted by Crippen LogP contribution is 2.39. The highest BCUT2D eigenvalue weighted by Gasteiger charge is 2.33. The zero-order chi connectivity index (χ0) is 18.6. The number of carbonyl (C=O) groups excluding carboxylic acids is 2. The summed E-state index contributed by atoms with van der Waals surface area (Å²) in [5, 5.41) is 15.2. The number of hydrogen-bond acceptors (Lipinski definition) is 5. The third-order valence-corrected chi connectivity index (χ3v) is 4.24. The molecule has 0 bridgehead atoms. The molecule has 1 aliphatic heterocycles. The standard InChI is InChI=1S/C17H19BrN2O5/c1-4-5-6-25-16(22)13-9(2)19-17(23)20-14(13)10-7-11(18)15(21)12(8-10)24-3/h4-5,7-8,14,21H,6H2,1-3H3,(H2,19,20,23)/b5-4+/t14-/m0/s1. The third kappa shape index (κ3) is 4.14. The molecule has 1 heterocycles. The number of rotatable bonds is 5. The minimum absolute atomic E-state index is 0.0653. The second-order valence-electron chi connectivity index (χ2n) is 5.29. The van der Waals surface area contributed by atoms with Crippen LogP contribution in [0.15, 0.2) is 40.0 Å². The Labute approximate surface area is 153 Å². The molecule has 0 saturated carbocycles. The van der Waals surface area contributed by atoms with Crippen molar-refractivity contribution in [3.8, 4) is 11.5 Å². The fourth-order valence-electron chi connectivity index (χ4n) is 2.43. The number of allylic oxidation sites excluding steroid dienone is 2. The van der Waals surface area contributed by atoms with Gasteiger partial charge in [0.1, 0.15) is 6.61 Å². The van der Waals surface area contributed by atoms with Gasteiger partial charge in [0.25, 0.3) is 0 Å². The molecule has 2 rings (SSSR count). The molecule has 0 unspecified atom stereocenters. The summed E-state index contributed by atoms with van der Waals surface area (Å²) in [5.74, 6) is -0.392. The van der Waals surface area contributed by atoms with Crippen molar-refractivity contribution in [2.75, 3.05) is 13.7 Å². The maximum absolute atomic E-state index is 12.5. The summed E-state index contributed by atoms with van der Waals surface area (Å²) in [6.07, 6.45) is 3.48. The smallest absolute Gasteiger partial charge is 0.338 e. The van der Waals surface area contributed by atoms with Gasteiger partial charge in [0.05, 0.1) is 23.2 Å². The van der Waals surface area contributed by atoms with E-state index in [1.165, 1.54) is 7.11 Å². The molecule has 0 aliphatic carbocycles. The Bertz CT molecular complexity index is 758. The van der Waals surface area contributed by atoms with Crippen LogP contribution in [0.2, 0.25) is 0 Å². The zero-order valence-electron chi connectivity index (χ0n) is 14.1. The summed E-state index contributed by atoms with van der Waals surface area (Å²) < 4.78 is 10.7. The first-order valence-electron chi connectivity index (χ1n) is 7.52. The maximum atomic E-state index is 12.5. The molecule has 1 aliphatic rings. The fourth-order valence-corrected chi connectivity index (χ4v) is 2.89. The molecule has 3 N–H and O–H groups in total. The van der Waals surface area contributed by atoms with Crippen LogP contribution in [0.4, 0.5) is 4.79 Å². The highest BCUT2D eigenvalue weighted by molar-refractivity contribution is 9.10. The van der Waals surface area contributed by atoms with Gasteiger partial charge in [-0.15, -0.1) is 0 Å². The van der Waals surface area contributed by atoms with Crippen LogP contribution in [0.1, 0.15) is 25.5 Å². The highest BCUT2D eigenvalue weighted by atomic mass is 79.9. The lowest BCUT2D eigenvalue weighted by Crippen LogP contribution is -2.45. The number of methoxy groups -OCH3 is 1. The van der Waals surface area contributed by atoms with Crippen LogP contribution in [0, 0.1) is 0 Å². The van der Waals surface area contributed by atoms with Crippen LogP contribution in [-0.4, -0.2) is 30.8 Å². The van der Waals surface area contributed by atoms with Crippen molar-refractivity contribution < 1.29 is 24.2 Å². The molecule has 0 saturated heterocycles. The van der Waals surface area contributed by atoms with E-state index in [-0.39, 0.29) is 23.7 Å². The van der Waals surface area contributed by atoms with Gasteiger partial charge in [0.2, 0.25) is 0 Å². The monoisotopic (exact) mass is 410 g/mol. The molecule has 1 atom stereocenters. The van der Waals surface area contributed by atoms with E-state index in [4.69, 9.17) is 9.47 Å². The summed E-state index contributed by atoms with van der Waals surface area (Å²) in [4.78, 5) is 24.4. The molecule has 2 amide bonds. The van der Waals surface area contributed by atoms with Gasteiger partial charge in [0, 0.05) is 5.70 Å². The molecule has 0 spiro atoms. The van der Waals surface area contributed by atoms with Gasteiger partial charge >= 0.3 is 12.0 Å². The first kappa shape index (κ1) is 18.9. The van der Waals surface area contributed by atoms with Crippen molar-refractivity contribution in [1.82, 2.24) is 10.6 Å². The van der Waals surface area contributed by atoms with Crippen molar-refractivity contribution in [3.63, 3.8) is 0 Å². The van der Waals surface area contributed by atoms with Crippen molar-refractivity contribution in [3.05, 3.63) is 45.6 Å². The number of esters is 1. The quantitative estimate of drug-likeness (QED) is 0.512. The van der Waals surface area contributed by atoms with Gasteiger partial charge < -0.3 is 25.2 Å². The van der Waals surface area contributed by atoms with Crippen LogP contribution in [-0.2, 0) is 9.53 Å². The molecule has 25 heavy (non-hydrogen) atoms. The second-order valence-corrected chi connectivity index (χ2v) is 6.15. The predicted molar refractivity (Wildman–Crippen MR) is 95.2 cm³/mol. The Balaban J connectivity index is 2.45. The molecular formula is C17H19BrN2O5. The number of nitrogens with one attached hydrogen (secondary N) is 2. The third-order valence-electron chi connectivity index (χ3n) is 3.64. The Hall–Kier alpha value is -2.48.